The molecule has 102 valence electrons. The van der Waals surface area contributed by atoms with Crippen molar-refractivity contribution in [3.8, 4) is 0 Å². The monoisotopic (exact) mass is 342 g/mol. The van der Waals surface area contributed by atoms with E-state index in [1.807, 2.05) is 0 Å². The van der Waals surface area contributed by atoms with Crippen LogP contribution in [0.1, 0.15) is 19.4 Å². The lowest BCUT2D eigenvalue weighted by Crippen LogP contribution is -2.13. The Kier molecular flexibility index (Phi) is 5.92. The second kappa shape index (κ2) is 6.75. The van der Waals surface area contributed by atoms with Crippen molar-refractivity contribution in [3.05, 3.63) is 29.3 Å². The Labute approximate surface area is 113 Å². The molecule has 0 aliphatic rings. The average Bonchev–Trinajstić information content (AvgIpc) is 2.29. The normalized spacial score (nSPS) is 11.8. The molecule has 1 aromatic carbocycles. The number of rotatable bonds is 6. The van der Waals surface area contributed by atoms with E-state index >= 15 is 0 Å². The van der Waals surface area contributed by atoms with Crippen LogP contribution in [0, 0.1) is 11.6 Å². The van der Waals surface area contributed by atoms with Gasteiger partial charge in [-0.25, -0.2) is 8.78 Å². The zero-order chi connectivity index (χ0) is 13.8. The van der Waals surface area contributed by atoms with E-state index in [1.165, 1.54) is 0 Å². The van der Waals surface area contributed by atoms with Crippen molar-refractivity contribution in [1.82, 2.24) is 0 Å². The minimum absolute atomic E-state index is 0.0402. The number of hydrogen-bond donors (Lipinski definition) is 0. The van der Waals surface area contributed by atoms with Crippen molar-refractivity contribution >= 4 is 28.8 Å². The molecule has 0 fully saturated rings. The van der Waals surface area contributed by atoms with Gasteiger partial charge in [-0.15, -0.1) is 0 Å². The quantitative estimate of drug-likeness (QED) is 0.583. The molecular weight excluding hydrogens is 329 g/mol. The van der Waals surface area contributed by atoms with Crippen LogP contribution in [0.3, 0.4) is 0 Å². The standard InChI is InChI=1S/C11H14BrF2O3P/c1-3-16-18(15,17-4-2)8-5-10(13)9(7-12)11(14)6-8/h5-6H,3-4,7H2,1-2H3. The van der Waals surface area contributed by atoms with Crippen LogP contribution < -0.4 is 5.30 Å². The molecule has 0 unspecified atom stereocenters. The van der Waals surface area contributed by atoms with Crippen molar-refractivity contribution in [2.45, 2.75) is 19.2 Å². The molecule has 18 heavy (non-hydrogen) atoms. The van der Waals surface area contributed by atoms with Gasteiger partial charge in [-0.1, -0.05) is 15.9 Å². The van der Waals surface area contributed by atoms with E-state index in [4.69, 9.17) is 9.05 Å². The zero-order valence-corrected chi connectivity index (χ0v) is 12.6. The van der Waals surface area contributed by atoms with E-state index in [2.05, 4.69) is 15.9 Å². The maximum Gasteiger partial charge on any atom is 0.361 e. The Morgan fingerprint density at radius 3 is 1.94 bits per heavy atom. The second-order valence-electron chi connectivity index (χ2n) is 3.35. The van der Waals surface area contributed by atoms with Crippen LogP contribution in [0.4, 0.5) is 8.78 Å². The molecule has 7 heteroatoms. The highest BCUT2D eigenvalue weighted by molar-refractivity contribution is 9.08. The molecule has 0 atom stereocenters. The van der Waals surface area contributed by atoms with Crippen LogP contribution >= 0.6 is 23.5 Å². The van der Waals surface area contributed by atoms with Crippen molar-refractivity contribution in [2.24, 2.45) is 0 Å². The summed E-state index contributed by atoms with van der Waals surface area (Å²) in [6.07, 6.45) is 0. The SMILES string of the molecule is CCOP(=O)(OCC)c1cc(F)c(CBr)c(F)c1. The third kappa shape index (κ3) is 3.38. The fourth-order valence-electron chi connectivity index (χ4n) is 1.40. The number of alkyl halides is 1. The first kappa shape index (κ1) is 15.8. The molecule has 0 N–H and O–H groups in total. The smallest absolute Gasteiger partial charge is 0.305 e. The molecule has 0 aliphatic heterocycles. The minimum atomic E-state index is -3.65. The summed E-state index contributed by atoms with van der Waals surface area (Å²) in [6, 6.07) is 1.98. The van der Waals surface area contributed by atoms with Gasteiger partial charge in [-0.05, 0) is 26.0 Å². The summed E-state index contributed by atoms with van der Waals surface area (Å²) < 4.78 is 49.6. The summed E-state index contributed by atoms with van der Waals surface area (Å²) in [6.45, 7) is 3.51. The van der Waals surface area contributed by atoms with Crippen molar-refractivity contribution in [1.29, 1.82) is 0 Å². The van der Waals surface area contributed by atoms with Gasteiger partial charge in [0.25, 0.3) is 0 Å². The second-order valence-corrected chi connectivity index (χ2v) is 5.94. The molecule has 1 aromatic rings. The fourth-order valence-corrected chi connectivity index (χ4v) is 3.53. The highest BCUT2D eigenvalue weighted by Gasteiger charge is 2.29. The summed E-state index contributed by atoms with van der Waals surface area (Å²) >= 11 is 2.98. The van der Waals surface area contributed by atoms with Gasteiger partial charge in [-0.2, -0.15) is 0 Å². The molecule has 3 nitrogen and oxygen atoms in total. The van der Waals surface area contributed by atoms with Gasteiger partial charge in [-0.3, -0.25) is 4.57 Å². The van der Waals surface area contributed by atoms with Gasteiger partial charge in [0.05, 0.1) is 18.5 Å². The van der Waals surface area contributed by atoms with Crippen molar-refractivity contribution in [2.75, 3.05) is 13.2 Å². The van der Waals surface area contributed by atoms with Crippen LogP contribution in [0.2, 0.25) is 0 Å². The third-order valence-electron chi connectivity index (χ3n) is 2.17. The Balaban J connectivity index is 3.26. The summed E-state index contributed by atoms with van der Waals surface area (Å²) in [7, 11) is -3.65. The lowest BCUT2D eigenvalue weighted by molar-refractivity contribution is 0.229. The van der Waals surface area contributed by atoms with Crippen LogP contribution in [0.5, 0.6) is 0 Å². The van der Waals surface area contributed by atoms with E-state index in [-0.39, 0.29) is 29.4 Å². The highest BCUT2D eigenvalue weighted by atomic mass is 79.9. The molecule has 0 bridgehead atoms. The molecular formula is C11H14BrF2O3P. The van der Waals surface area contributed by atoms with E-state index in [0.717, 1.165) is 12.1 Å². The first-order valence-electron chi connectivity index (χ1n) is 5.42. The Hall–Kier alpha value is -0.290. The van der Waals surface area contributed by atoms with Crippen LogP contribution in [0.25, 0.3) is 0 Å². The number of benzene rings is 1. The van der Waals surface area contributed by atoms with Crippen LogP contribution in [-0.4, -0.2) is 13.2 Å². The predicted octanol–water partition coefficient (Wildman–Crippen LogP) is 3.75. The molecule has 0 heterocycles. The molecule has 0 spiro atoms. The molecule has 0 saturated heterocycles. The predicted molar refractivity (Wildman–Crippen MR) is 69.5 cm³/mol. The van der Waals surface area contributed by atoms with E-state index in [1.54, 1.807) is 13.8 Å². The first-order chi connectivity index (χ1) is 8.48. The van der Waals surface area contributed by atoms with Crippen LogP contribution in [-0.2, 0) is 18.9 Å². The maximum absolute atomic E-state index is 13.6. The van der Waals surface area contributed by atoms with E-state index < -0.39 is 19.2 Å². The van der Waals surface area contributed by atoms with E-state index in [0.29, 0.717) is 0 Å². The zero-order valence-electron chi connectivity index (χ0n) is 10.1. The number of hydrogen-bond acceptors (Lipinski definition) is 3. The molecule has 0 aromatic heterocycles. The highest BCUT2D eigenvalue weighted by Crippen LogP contribution is 2.47. The van der Waals surface area contributed by atoms with Crippen molar-refractivity contribution < 1.29 is 22.4 Å². The van der Waals surface area contributed by atoms with Gasteiger partial charge >= 0.3 is 7.60 Å². The lowest BCUT2D eigenvalue weighted by atomic mass is 10.2. The molecule has 0 aliphatic carbocycles. The molecule has 0 radical (unpaired) electrons. The molecule has 0 amide bonds. The molecule has 1 rings (SSSR count). The average molecular weight is 343 g/mol. The van der Waals surface area contributed by atoms with Gasteiger partial charge in [0.15, 0.2) is 0 Å². The summed E-state index contributed by atoms with van der Waals surface area (Å²) in [5.74, 6) is -1.55. The van der Waals surface area contributed by atoms with Gasteiger partial charge in [0, 0.05) is 10.9 Å². The van der Waals surface area contributed by atoms with E-state index in [9.17, 15) is 13.3 Å². The topological polar surface area (TPSA) is 35.5 Å². The minimum Gasteiger partial charge on any atom is -0.305 e. The number of halogens is 3. The lowest BCUT2D eigenvalue weighted by Gasteiger charge is -2.17. The Bertz CT molecular complexity index is 435. The Morgan fingerprint density at radius 1 is 1.17 bits per heavy atom. The van der Waals surface area contributed by atoms with Gasteiger partial charge in [0.1, 0.15) is 11.6 Å². The summed E-state index contributed by atoms with van der Waals surface area (Å²) in [5.41, 5.74) is -0.113. The molecule has 0 saturated carbocycles. The van der Waals surface area contributed by atoms with Crippen LogP contribution in [0.15, 0.2) is 12.1 Å². The first-order valence-corrected chi connectivity index (χ1v) is 8.08. The summed E-state index contributed by atoms with van der Waals surface area (Å²) in [4.78, 5) is 0. The maximum atomic E-state index is 13.6. The van der Waals surface area contributed by atoms with Gasteiger partial charge < -0.3 is 9.05 Å². The third-order valence-corrected chi connectivity index (χ3v) is 4.82. The largest absolute Gasteiger partial charge is 0.361 e. The summed E-state index contributed by atoms with van der Waals surface area (Å²) in [5, 5.41) is -0.0655. The fraction of sp³-hybridized carbons (Fsp3) is 0.455. The van der Waals surface area contributed by atoms with Crippen molar-refractivity contribution in [3.63, 3.8) is 0 Å². The van der Waals surface area contributed by atoms with Gasteiger partial charge in [0.2, 0.25) is 0 Å². The Morgan fingerprint density at radius 2 is 1.61 bits per heavy atom.